The summed E-state index contributed by atoms with van der Waals surface area (Å²) in [6.07, 6.45) is 10.6. The molecule has 1 saturated carbocycles. The lowest BCUT2D eigenvalue weighted by Crippen LogP contribution is -2.45. The summed E-state index contributed by atoms with van der Waals surface area (Å²) in [6.45, 7) is 0.860. The first-order valence-corrected chi connectivity index (χ1v) is 9.77. The summed E-state index contributed by atoms with van der Waals surface area (Å²) in [7, 11) is 0. The molecule has 0 radical (unpaired) electrons. The van der Waals surface area contributed by atoms with Crippen molar-refractivity contribution in [1.82, 2.24) is 10.6 Å². The van der Waals surface area contributed by atoms with Gasteiger partial charge in [0.05, 0.1) is 0 Å². The Labute approximate surface area is 157 Å². The van der Waals surface area contributed by atoms with Gasteiger partial charge in [-0.3, -0.25) is 4.79 Å². The van der Waals surface area contributed by atoms with E-state index in [0.717, 1.165) is 19.4 Å². The predicted molar refractivity (Wildman–Crippen MR) is 104 cm³/mol. The van der Waals surface area contributed by atoms with E-state index in [0.29, 0.717) is 23.4 Å². The van der Waals surface area contributed by atoms with E-state index in [-0.39, 0.29) is 18.3 Å². The minimum absolute atomic E-state index is 0. The van der Waals surface area contributed by atoms with E-state index in [4.69, 9.17) is 0 Å². The second-order valence-electron chi connectivity index (χ2n) is 8.47. The Morgan fingerprint density at radius 2 is 1.80 bits per heavy atom. The number of amides is 1. The lowest BCUT2D eigenvalue weighted by Gasteiger charge is -2.42. The normalized spacial score (nSPS) is 29.4. The Morgan fingerprint density at radius 1 is 1.12 bits per heavy atom. The molecule has 0 spiro atoms. The van der Waals surface area contributed by atoms with E-state index in [9.17, 15) is 4.79 Å². The topological polar surface area (TPSA) is 41.1 Å². The number of nitrogens with one attached hydrogen (secondary N) is 2. The van der Waals surface area contributed by atoms with Gasteiger partial charge in [-0.1, -0.05) is 36.8 Å². The molecule has 0 aromatic heterocycles. The van der Waals surface area contributed by atoms with Crippen LogP contribution in [0.25, 0.3) is 0 Å². The number of hydrogen-bond acceptors (Lipinski definition) is 2. The molecule has 2 unspecified atom stereocenters. The van der Waals surface area contributed by atoms with Gasteiger partial charge in [-0.2, -0.15) is 0 Å². The van der Waals surface area contributed by atoms with Gasteiger partial charge in [-0.05, 0) is 61.8 Å². The third kappa shape index (κ3) is 4.57. The average molecular weight is 363 g/mol. The van der Waals surface area contributed by atoms with Crippen molar-refractivity contribution in [1.29, 1.82) is 0 Å². The van der Waals surface area contributed by atoms with Gasteiger partial charge in [0.15, 0.2) is 0 Å². The molecule has 1 aromatic carbocycles. The molecular weight excluding hydrogens is 332 g/mol. The fourth-order valence-electron chi connectivity index (χ4n) is 5.08. The third-order valence-electron chi connectivity index (χ3n) is 6.54. The molecule has 2 bridgehead atoms. The molecule has 2 atom stereocenters. The predicted octanol–water partition coefficient (Wildman–Crippen LogP) is 3.86. The lowest BCUT2D eigenvalue weighted by molar-refractivity contribution is -0.123. The number of fused-ring (bicyclic) bond motifs is 2. The van der Waals surface area contributed by atoms with Crippen LogP contribution < -0.4 is 10.6 Å². The fourth-order valence-corrected chi connectivity index (χ4v) is 5.08. The molecule has 3 aliphatic rings. The van der Waals surface area contributed by atoms with E-state index in [1.54, 1.807) is 0 Å². The van der Waals surface area contributed by atoms with Gasteiger partial charge in [0, 0.05) is 25.0 Å². The van der Waals surface area contributed by atoms with Crippen LogP contribution in [0, 0.1) is 11.3 Å². The number of carbonyl (C=O) groups is 1. The van der Waals surface area contributed by atoms with Gasteiger partial charge >= 0.3 is 0 Å². The highest BCUT2D eigenvalue weighted by Crippen LogP contribution is 2.43. The van der Waals surface area contributed by atoms with Gasteiger partial charge < -0.3 is 10.6 Å². The van der Waals surface area contributed by atoms with Crippen LogP contribution in [0.4, 0.5) is 0 Å². The molecule has 2 aliphatic heterocycles. The Balaban J connectivity index is 0.00000182. The Morgan fingerprint density at radius 3 is 2.40 bits per heavy atom. The summed E-state index contributed by atoms with van der Waals surface area (Å²) < 4.78 is 0. The molecule has 2 heterocycles. The number of benzene rings is 1. The molecule has 138 valence electrons. The number of hydrogen-bond donors (Lipinski definition) is 2. The first-order chi connectivity index (χ1) is 11.7. The SMILES string of the molecule is Cl.O=C(CC1CC2CCC(C1)N2)NCC1(Cc2ccccc2)CCC1. The van der Waals surface area contributed by atoms with Crippen LogP contribution in [0.5, 0.6) is 0 Å². The first kappa shape index (κ1) is 18.7. The average Bonchev–Trinajstić information content (AvgIpc) is 2.89. The van der Waals surface area contributed by atoms with Crippen molar-refractivity contribution in [2.45, 2.75) is 69.9 Å². The van der Waals surface area contributed by atoms with Gasteiger partial charge in [0.2, 0.25) is 5.91 Å². The minimum Gasteiger partial charge on any atom is -0.356 e. The van der Waals surface area contributed by atoms with Crippen LogP contribution in [-0.2, 0) is 11.2 Å². The van der Waals surface area contributed by atoms with E-state index < -0.39 is 0 Å². The summed E-state index contributed by atoms with van der Waals surface area (Å²) >= 11 is 0. The lowest BCUT2D eigenvalue weighted by atomic mass is 9.65. The first-order valence-electron chi connectivity index (χ1n) is 9.77. The van der Waals surface area contributed by atoms with Crippen LogP contribution in [0.1, 0.15) is 56.9 Å². The maximum Gasteiger partial charge on any atom is 0.220 e. The number of rotatable bonds is 6. The number of halogens is 1. The molecule has 3 fully saturated rings. The minimum atomic E-state index is 0. The van der Waals surface area contributed by atoms with Crippen molar-refractivity contribution in [3.05, 3.63) is 35.9 Å². The van der Waals surface area contributed by atoms with E-state index in [1.165, 1.54) is 50.5 Å². The summed E-state index contributed by atoms with van der Waals surface area (Å²) in [5, 5.41) is 6.95. The maximum atomic E-state index is 12.5. The fraction of sp³-hybridized carbons (Fsp3) is 0.667. The van der Waals surface area contributed by atoms with Gasteiger partial charge in [-0.25, -0.2) is 0 Å². The van der Waals surface area contributed by atoms with E-state index in [1.807, 2.05) is 0 Å². The molecule has 4 rings (SSSR count). The largest absolute Gasteiger partial charge is 0.356 e. The maximum absolute atomic E-state index is 12.5. The molecule has 25 heavy (non-hydrogen) atoms. The highest BCUT2D eigenvalue weighted by Gasteiger charge is 2.38. The van der Waals surface area contributed by atoms with Crippen LogP contribution in [0.15, 0.2) is 30.3 Å². The van der Waals surface area contributed by atoms with Crippen LogP contribution in [0.2, 0.25) is 0 Å². The van der Waals surface area contributed by atoms with Crippen molar-refractivity contribution in [3.63, 3.8) is 0 Å². The van der Waals surface area contributed by atoms with Crippen molar-refractivity contribution in [2.24, 2.45) is 11.3 Å². The van der Waals surface area contributed by atoms with E-state index >= 15 is 0 Å². The van der Waals surface area contributed by atoms with Gasteiger partial charge in [0.1, 0.15) is 0 Å². The number of piperidine rings is 1. The molecule has 1 aliphatic carbocycles. The van der Waals surface area contributed by atoms with Crippen LogP contribution in [-0.4, -0.2) is 24.5 Å². The van der Waals surface area contributed by atoms with Crippen molar-refractivity contribution < 1.29 is 4.79 Å². The summed E-state index contributed by atoms with van der Waals surface area (Å²) in [5.74, 6) is 0.871. The molecule has 2 saturated heterocycles. The smallest absolute Gasteiger partial charge is 0.220 e. The van der Waals surface area contributed by atoms with E-state index in [2.05, 4.69) is 41.0 Å². The molecule has 2 N–H and O–H groups in total. The monoisotopic (exact) mass is 362 g/mol. The summed E-state index contributed by atoms with van der Waals surface area (Å²) in [6, 6.07) is 12.1. The third-order valence-corrected chi connectivity index (χ3v) is 6.54. The Bertz CT molecular complexity index is 561. The van der Waals surface area contributed by atoms with Crippen LogP contribution in [0.3, 0.4) is 0 Å². The Hall–Kier alpha value is -1.06. The second kappa shape index (κ2) is 8.09. The highest BCUT2D eigenvalue weighted by molar-refractivity contribution is 5.85. The molecule has 4 heteroatoms. The molecule has 1 amide bonds. The summed E-state index contributed by atoms with van der Waals surface area (Å²) in [5.41, 5.74) is 1.71. The molecular formula is C21H31ClN2O. The Kier molecular flexibility index (Phi) is 6.06. The van der Waals surface area contributed by atoms with Crippen molar-refractivity contribution in [2.75, 3.05) is 6.54 Å². The van der Waals surface area contributed by atoms with Crippen molar-refractivity contribution >= 4 is 18.3 Å². The number of carbonyl (C=O) groups excluding carboxylic acids is 1. The quantitative estimate of drug-likeness (QED) is 0.806. The van der Waals surface area contributed by atoms with Gasteiger partial charge in [-0.15, -0.1) is 12.4 Å². The zero-order chi connectivity index (χ0) is 16.4. The van der Waals surface area contributed by atoms with Crippen LogP contribution >= 0.6 is 12.4 Å². The highest BCUT2D eigenvalue weighted by atomic mass is 35.5. The summed E-state index contributed by atoms with van der Waals surface area (Å²) in [4.78, 5) is 12.5. The van der Waals surface area contributed by atoms with Crippen molar-refractivity contribution in [3.8, 4) is 0 Å². The van der Waals surface area contributed by atoms with Gasteiger partial charge in [0.25, 0.3) is 0 Å². The second-order valence-corrected chi connectivity index (χ2v) is 8.47. The zero-order valence-electron chi connectivity index (χ0n) is 15.0. The molecule has 3 nitrogen and oxygen atoms in total. The standard InChI is InChI=1S/C21H30N2O.ClH/c24-20(13-17-11-18-7-8-19(12-17)23-18)22-15-21(9-4-10-21)14-16-5-2-1-3-6-16;/h1-3,5-6,17-19,23H,4,7-15H2,(H,22,24);1H. The zero-order valence-corrected chi connectivity index (χ0v) is 15.8. The molecule has 1 aromatic rings.